The van der Waals surface area contributed by atoms with Gasteiger partial charge in [0.25, 0.3) is 0 Å². The molecular formula is C13H9BrN4S2. The van der Waals surface area contributed by atoms with Crippen LogP contribution in [-0.4, -0.2) is 21.1 Å². The predicted molar refractivity (Wildman–Crippen MR) is 87.9 cm³/mol. The summed E-state index contributed by atoms with van der Waals surface area (Å²) in [7, 11) is 0. The topological polar surface area (TPSA) is 46.0 Å². The largest absolute Gasteiger partial charge is 0.250 e. The first-order valence-corrected chi connectivity index (χ1v) is 7.84. The maximum atomic E-state index is 5.23. The fourth-order valence-electron chi connectivity index (χ4n) is 1.70. The summed E-state index contributed by atoms with van der Waals surface area (Å²) in [6.45, 7) is 0. The maximum absolute atomic E-state index is 5.23. The molecule has 100 valence electrons. The Hall–Kier alpha value is -1.57. The smallest absolute Gasteiger partial charge is 0.216 e. The van der Waals surface area contributed by atoms with Crippen molar-refractivity contribution >= 4 is 45.7 Å². The summed E-state index contributed by atoms with van der Waals surface area (Å²) in [6, 6.07) is 11.8. The van der Waals surface area contributed by atoms with Crippen molar-refractivity contribution in [3.05, 3.63) is 55.9 Å². The number of rotatable bonds is 3. The van der Waals surface area contributed by atoms with E-state index < -0.39 is 0 Å². The van der Waals surface area contributed by atoms with Crippen LogP contribution in [0, 0.1) is 4.77 Å². The van der Waals surface area contributed by atoms with Crippen molar-refractivity contribution in [2.24, 2.45) is 5.10 Å². The van der Waals surface area contributed by atoms with Crippen molar-refractivity contribution in [1.29, 1.82) is 0 Å². The summed E-state index contributed by atoms with van der Waals surface area (Å²) in [4.78, 5) is 1.06. The van der Waals surface area contributed by atoms with E-state index in [9.17, 15) is 0 Å². The number of hydrogen-bond donors (Lipinski definition) is 1. The average Bonchev–Trinajstić information content (AvgIpc) is 3.07. The molecule has 0 aliphatic carbocycles. The Morgan fingerprint density at radius 1 is 1.30 bits per heavy atom. The van der Waals surface area contributed by atoms with Crippen molar-refractivity contribution in [3.63, 3.8) is 0 Å². The molecule has 0 aliphatic heterocycles. The monoisotopic (exact) mass is 364 g/mol. The van der Waals surface area contributed by atoms with Gasteiger partial charge in [0.2, 0.25) is 4.77 Å². The molecule has 0 unspecified atom stereocenters. The third kappa shape index (κ3) is 2.65. The molecule has 0 radical (unpaired) electrons. The second kappa shape index (κ2) is 5.82. The fourth-order valence-corrected chi connectivity index (χ4v) is 2.92. The zero-order valence-corrected chi connectivity index (χ0v) is 13.4. The molecule has 0 saturated carbocycles. The molecule has 0 atom stereocenters. The lowest BCUT2D eigenvalue weighted by Gasteiger charge is -2.02. The Balaban J connectivity index is 2.07. The third-order valence-corrected chi connectivity index (χ3v) is 4.37. The van der Waals surface area contributed by atoms with Crippen molar-refractivity contribution in [2.75, 3.05) is 0 Å². The molecule has 1 aromatic carbocycles. The number of halogens is 1. The van der Waals surface area contributed by atoms with Crippen molar-refractivity contribution in [1.82, 2.24) is 14.9 Å². The predicted octanol–water partition coefficient (Wildman–Crippen LogP) is 4.31. The number of nitrogens with one attached hydrogen (secondary N) is 1. The lowest BCUT2D eigenvalue weighted by Crippen LogP contribution is -1.94. The van der Waals surface area contributed by atoms with Crippen LogP contribution in [0.25, 0.3) is 11.4 Å². The van der Waals surface area contributed by atoms with Gasteiger partial charge in [-0.1, -0.05) is 34.1 Å². The third-order valence-electron chi connectivity index (χ3n) is 2.61. The SMILES string of the molecule is S=c1[nH]nc(-c2ccccc2Br)n1/N=C\c1cccs1. The van der Waals surface area contributed by atoms with E-state index in [1.165, 1.54) is 0 Å². The number of aromatic nitrogens is 3. The van der Waals surface area contributed by atoms with E-state index >= 15 is 0 Å². The first-order valence-electron chi connectivity index (χ1n) is 5.76. The standard InChI is InChI=1S/C13H9BrN4S2/c14-11-6-2-1-5-10(11)12-16-17-13(19)18(12)15-8-9-4-3-7-20-9/h1-8H,(H,17,19)/b15-8-. The molecule has 0 fully saturated rings. The van der Waals surface area contributed by atoms with Gasteiger partial charge in [-0.15, -0.1) is 11.3 Å². The molecule has 0 bridgehead atoms. The van der Waals surface area contributed by atoms with Crippen molar-refractivity contribution in [2.45, 2.75) is 0 Å². The normalized spacial score (nSPS) is 11.2. The van der Waals surface area contributed by atoms with Gasteiger partial charge in [-0.3, -0.25) is 0 Å². The second-order valence-corrected chi connectivity index (χ2v) is 6.12. The zero-order valence-electron chi connectivity index (χ0n) is 10.2. The quantitative estimate of drug-likeness (QED) is 0.555. The Morgan fingerprint density at radius 3 is 2.90 bits per heavy atom. The van der Waals surface area contributed by atoms with Crippen molar-refractivity contribution in [3.8, 4) is 11.4 Å². The molecule has 0 amide bonds. The van der Waals surface area contributed by atoms with Crippen LogP contribution in [0.4, 0.5) is 0 Å². The number of aromatic amines is 1. The lowest BCUT2D eigenvalue weighted by molar-refractivity contribution is 0.871. The second-order valence-electron chi connectivity index (χ2n) is 3.90. The van der Waals surface area contributed by atoms with Gasteiger partial charge in [0.1, 0.15) is 0 Å². The Bertz CT molecular complexity index is 802. The van der Waals surface area contributed by atoms with Crippen LogP contribution in [0.1, 0.15) is 4.88 Å². The van der Waals surface area contributed by atoms with E-state index in [1.54, 1.807) is 22.2 Å². The van der Waals surface area contributed by atoms with Gasteiger partial charge < -0.3 is 0 Å². The Labute approximate surface area is 132 Å². The van der Waals surface area contributed by atoms with Crippen LogP contribution in [0.15, 0.2) is 51.4 Å². The lowest BCUT2D eigenvalue weighted by atomic mass is 10.2. The molecule has 4 nitrogen and oxygen atoms in total. The summed E-state index contributed by atoms with van der Waals surface area (Å²) in [5.74, 6) is 0.676. The van der Waals surface area contributed by atoms with Crippen LogP contribution < -0.4 is 0 Å². The van der Waals surface area contributed by atoms with Crippen molar-refractivity contribution < 1.29 is 0 Å². The molecule has 0 aliphatic rings. The number of H-pyrrole nitrogens is 1. The Morgan fingerprint density at radius 2 is 2.15 bits per heavy atom. The molecule has 2 heterocycles. The molecule has 0 spiro atoms. The number of hydrogen-bond acceptors (Lipinski definition) is 4. The summed E-state index contributed by atoms with van der Waals surface area (Å²) in [5.41, 5.74) is 0.933. The van der Waals surface area contributed by atoms with Gasteiger partial charge in [-0.2, -0.15) is 14.9 Å². The van der Waals surface area contributed by atoms with E-state index in [4.69, 9.17) is 12.2 Å². The van der Waals surface area contributed by atoms with E-state index in [0.29, 0.717) is 10.6 Å². The van der Waals surface area contributed by atoms with E-state index in [0.717, 1.165) is 14.9 Å². The van der Waals surface area contributed by atoms with Gasteiger partial charge in [0, 0.05) is 14.9 Å². The van der Waals surface area contributed by atoms with Gasteiger partial charge in [0.15, 0.2) is 5.82 Å². The molecule has 20 heavy (non-hydrogen) atoms. The minimum Gasteiger partial charge on any atom is -0.250 e. The first-order chi connectivity index (χ1) is 9.75. The minimum absolute atomic E-state index is 0.462. The summed E-state index contributed by atoms with van der Waals surface area (Å²) in [5, 5.41) is 13.4. The van der Waals surface area contributed by atoms with Crippen LogP contribution in [0.5, 0.6) is 0 Å². The van der Waals surface area contributed by atoms with E-state index in [1.807, 2.05) is 41.8 Å². The summed E-state index contributed by atoms with van der Waals surface area (Å²) >= 11 is 10.4. The highest BCUT2D eigenvalue weighted by molar-refractivity contribution is 9.10. The fraction of sp³-hybridized carbons (Fsp3) is 0. The first kappa shape index (κ1) is 13.4. The van der Waals surface area contributed by atoms with Crippen LogP contribution >= 0.6 is 39.5 Å². The Kier molecular flexibility index (Phi) is 3.90. The van der Waals surface area contributed by atoms with Gasteiger partial charge >= 0.3 is 0 Å². The molecule has 0 saturated heterocycles. The molecule has 1 N–H and O–H groups in total. The average molecular weight is 365 g/mol. The van der Waals surface area contributed by atoms with Crippen LogP contribution in [0.3, 0.4) is 0 Å². The molecule has 7 heteroatoms. The molecule has 2 aromatic heterocycles. The molecule has 3 aromatic rings. The maximum Gasteiger partial charge on any atom is 0.216 e. The van der Waals surface area contributed by atoms with E-state index in [-0.39, 0.29) is 0 Å². The van der Waals surface area contributed by atoms with Gasteiger partial charge in [0.05, 0.1) is 6.21 Å². The van der Waals surface area contributed by atoms with Gasteiger partial charge in [-0.05, 0) is 35.8 Å². The summed E-state index contributed by atoms with van der Waals surface area (Å²) < 4.78 is 3.03. The van der Waals surface area contributed by atoms with Gasteiger partial charge in [-0.25, -0.2) is 5.10 Å². The zero-order chi connectivity index (χ0) is 13.9. The minimum atomic E-state index is 0.462. The summed E-state index contributed by atoms with van der Waals surface area (Å²) in [6.07, 6.45) is 1.77. The van der Waals surface area contributed by atoms with E-state index in [2.05, 4.69) is 31.2 Å². The highest BCUT2D eigenvalue weighted by atomic mass is 79.9. The number of thiophene rings is 1. The molecule has 3 rings (SSSR count). The highest BCUT2D eigenvalue weighted by Crippen LogP contribution is 2.26. The van der Waals surface area contributed by atoms with Crippen LogP contribution in [0.2, 0.25) is 0 Å². The number of nitrogens with zero attached hydrogens (tertiary/aromatic N) is 3. The molecular weight excluding hydrogens is 356 g/mol. The number of benzene rings is 1. The van der Waals surface area contributed by atoms with Crippen LogP contribution in [-0.2, 0) is 0 Å². The highest BCUT2D eigenvalue weighted by Gasteiger charge is 2.10.